The maximum atomic E-state index is 10.4. The summed E-state index contributed by atoms with van der Waals surface area (Å²) in [6, 6.07) is 9.49. The summed E-state index contributed by atoms with van der Waals surface area (Å²) in [5.41, 5.74) is 11.0. The van der Waals surface area contributed by atoms with E-state index in [0.717, 1.165) is 49.8 Å². The van der Waals surface area contributed by atoms with Crippen molar-refractivity contribution in [3.05, 3.63) is 47.2 Å². The zero-order valence-corrected chi connectivity index (χ0v) is 22.7. The fourth-order valence-electron chi connectivity index (χ4n) is 9.09. The van der Waals surface area contributed by atoms with E-state index in [1.165, 1.54) is 25.5 Å². The highest BCUT2D eigenvalue weighted by molar-refractivity contribution is 5.77. The number of phenols is 1. The van der Waals surface area contributed by atoms with Crippen LogP contribution in [0.25, 0.3) is 11.1 Å². The molecule has 4 N–H and O–H groups in total. The lowest BCUT2D eigenvalue weighted by Gasteiger charge is -2.58. The second-order valence-corrected chi connectivity index (χ2v) is 12.7. The predicted octanol–water partition coefficient (Wildman–Crippen LogP) is 6.32. The number of rotatable bonds is 3. The third-order valence-corrected chi connectivity index (χ3v) is 11.1. The van der Waals surface area contributed by atoms with Crippen molar-refractivity contribution < 1.29 is 14.9 Å². The highest BCUT2D eigenvalue weighted by Gasteiger charge is 2.59. The van der Waals surface area contributed by atoms with Crippen molar-refractivity contribution in [3.8, 4) is 28.7 Å². The van der Waals surface area contributed by atoms with Gasteiger partial charge in [0.25, 0.3) is 0 Å². The van der Waals surface area contributed by atoms with Gasteiger partial charge in [-0.1, -0.05) is 31.6 Å². The van der Waals surface area contributed by atoms with E-state index < -0.39 is 0 Å². The first-order valence-corrected chi connectivity index (χ1v) is 14.1. The zero-order valence-electron chi connectivity index (χ0n) is 22.7. The number of phenolic OH excluding ortho intramolecular Hbond substituents is 1. The van der Waals surface area contributed by atoms with E-state index in [-0.39, 0.29) is 34.4 Å². The third-order valence-electron chi connectivity index (χ3n) is 11.1. The number of methoxy groups -OCH3 is 1. The number of ether oxygens (including phenoxy) is 1. The van der Waals surface area contributed by atoms with Crippen molar-refractivity contribution in [2.24, 2.45) is 28.6 Å². The van der Waals surface area contributed by atoms with Crippen LogP contribution in [0.1, 0.15) is 82.4 Å². The van der Waals surface area contributed by atoms with Crippen LogP contribution in [-0.4, -0.2) is 28.4 Å². The van der Waals surface area contributed by atoms with E-state index in [9.17, 15) is 15.5 Å². The molecule has 1 aromatic carbocycles. The normalized spacial score (nSPS) is 35.9. The number of nitrogens with zero attached hydrogens (tertiary/aromatic N) is 2. The molecule has 0 spiro atoms. The molecule has 1 aromatic heterocycles. The first-order chi connectivity index (χ1) is 18.2. The Kier molecular flexibility index (Phi) is 5.99. The van der Waals surface area contributed by atoms with Crippen LogP contribution in [0.5, 0.6) is 11.5 Å². The van der Waals surface area contributed by atoms with Gasteiger partial charge in [-0.2, -0.15) is 5.26 Å². The van der Waals surface area contributed by atoms with Gasteiger partial charge in [0.05, 0.1) is 13.2 Å². The quantitative estimate of drug-likeness (QED) is 0.414. The number of nitriles is 1. The highest BCUT2D eigenvalue weighted by Crippen LogP contribution is 2.68. The fraction of sp³-hybridized carbons (Fsp3) is 0.562. The minimum Gasteiger partial charge on any atom is -0.504 e. The van der Waals surface area contributed by atoms with Crippen molar-refractivity contribution in [3.63, 3.8) is 0 Å². The van der Waals surface area contributed by atoms with Crippen molar-refractivity contribution in [1.82, 2.24) is 4.98 Å². The number of hydrogen-bond donors (Lipinski definition) is 3. The van der Waals surface area contributed by atoms with E-state index in [1.807, 2.05) is 12.1 Å². The van der Waals surface area contributed by atoms with Crippen molar-refractivity contribution in [2.45, 2.75) is 77.2 Å². The number of aromatic hydroxyl groups is 1. The third kappa shape index (κ3) is 3.66. The second-order valence-electron chi connectivity index (χ2n) is 12.7. The number of aromatic nitrogens is 1. The number of allylic oxidation sites excluding steroid dienone is 1. The standard InChI is InChI=1S/C32H39N3O3/c1-31-12-10-20(36)15-19(31)5-6-21-24-7-8-26(32(24,2)13-11-25(21)31)27-16-22(23(17-33)30(34)35-27)18-4-9-29(38-3)28(37)14-18/h4-5,9,14,16,20-21,24-26,36-37H,6-8,10-13,15H2,1-3H3,(H2,34,35)/t20-,21-,24-,25-,26+,31-,32-/m0/s1. The Balaban J connectivity index is 1.36. The van der Waals surface area contributed by atoms with Gasteiger partial charge in [0.15, 0.2) is 11.5 Å². The highest BCUT2D eigenvalue weighted by atomic mass is 16.5. The van der Waals surface area contributed by atoms with Crippen molar-refractivity contribution in [2.75, 3.05) is 12.8 Å². The van der Waals surface area contributed by atoms with Gasteiger partial charge in [0.1, 0.15) is 17.5 Å². The minimum atomic E-state index is -0.176. The van der Waals surface area contributed by atoms with E-state index >= 15 is 0 Å². The van der Waals surface area contributed by atoms with Crippen LogP contribution in [0, 0.1) is 39.9 Å². The van der Waals surface area contributed by atoms with Gasteiger partial charge >= 0.3 is 0 Å². The summed E-state index contributed by atoms with van der Waals surface area (Å²) >= 11 is 0. The molecule has 0 saturated heterocycles. The van der Waals surface area contributed by atoms with Crippen LogP contribution < -0.4 is 10.5 Å². The summed E-state index contributed by atoms with van der Waals surface area (Å²) in [5.74, 6) is 2.93. The van der Waals surface area contributed by atoms with Crippen LogP contribution in [0.15, 0.2) is 35.9 Å². The molecule has 38 heavy (non-hydrogen) atoms. The summed E-state index contributed by atoms with van der Waals surface area (Å²) in [6.07, 6.45) is 10.9. The number of nitrogens with two attached hydrogens (primary N) is 1. The Morgan fingerprint density at radius 1 is 1.11 bits per heavy atom. The van der Waals surface area contributed by atoms with Gasteiger partial charge in [-0.25, -0.2) is 4.98 Å². The van der Waals surface area contributed by atoms with Gasteiger partial charge in [-0.3, -0.25) is 0 Å². The maximum Gasteiger partial charge on any atom is 0.160 e. The number of hydrogen-bond acceptors (Lipinski definition) is 6. The molecule has 0 unspecified atom stereocenters. The minimum absolute atomic E-state index is 0.0329. The average Bonchev–Trinajstić information content (AvgIpc) is 3.26. The molecule has 6 rings (SSSR count). The van der Waals surface area contributed by atoms with Crippen LogP contribution in [0.3, 0.4) is 0 Å². The number of aliphatic hydroxyl groups excluding tert-OH is 1. The van der Waals surface area contributed by atoms with Crippen LogP contribution in [0.4, 0.5) is 5.82 Å². The SMILES string of the molecule is COc1ccc(-c2cc([C@H]3CC[C@H]4[C@@H]5CC=C6C[C@@H](O)CC[C@]6(C)[C@H]5CC[C@]34C)nc(N)c2C#N)cc1O. The molecule has 3 saturated carbocycles. The largest absolute Gasteiger partial charge is 0.504 e. The lowest BCUT2D eigenvalue weighted by molar-refractivity contribution is -0.0412. The summed E-state index contributed by atoms with van der Waals surface area (Å²) in [4.78, 5) is 4.82. The van der Waals surface area contributed by atoms with Gasteiger partial charge in [-0.05, 0) is 104 Å². The molecule has 0 radical (unpaired) electrons. The summed E-state index contributed by atoms with van der Waals surface area (Å²) in [7, 11) is 1.52. The first kappa shape index (κ1) is 25.2. The smallest absolute Gasteiger partial charge is 0.160 e. The summed E-state index contributed by atoms with van der Waals surface area (Å²) in [6.45, 7) is 4.93. The van der Waals surface area contributed by atoms with E-state index in [0.29, 0.717) is 34.6 Å². The molecule has 6 nitrogen and oxygen atoms in total. The molecule has 1 heterocycles. The lowest BCUT2D eigenvalue weighted by Crippen LogP contribution is -2.50. The van der Waals surface area contributed by atoms with Gasteiger partial charge < -0.3 is 20.7 Å². The monoisotopic (exact) mass is 513 g/mol. The van der Waals surface area contributed by atoms with E-state index in [2.05, 4.69) is 26.0 Å². The average molecular weight is 514 g/mol. The van der Waals surface area contributed by atoms with Crippen LogP contribution in [0.2, 0.25) is 0 Å². The molecule has 6 heteroatoms. The molecular formula is C32H39N3O3. The Bertz CT molecular complexity index is 1350. The molecule has 200 valence electrons. The van der Waals surface area contributed by atoms with Gasteiger partial charge in [-0.15, -0.1) is 0 Å². The molecule has 3 fully saturated rings. The molecule has 2 aromatic rings. The number of benzene rings is 1. The molecule has 0 amide bonds. The Hall–Kier alpha value is -3.04. The predicted molar refractivity (Wildman–Crippen MR) is 147 cm³/mol. The Labute approximate surface area is 225 Å². The zero-order chi connectivity index (χ0) is 26.8. The second kappa shape index (κ2) is 9.02. The number of pyridine rings is 1. The van der Waals surface area contributed by atoms with Crippen LogP contribution in [-0.2, 0) is 0 Å². The fourth-order valence-corrected chi connectivity index (χ4v) is 9.09. The maximum absolute atomic E-state index is 10.4. The van der Waals surface area contributed by atoms with E-state index in [4.69, 9.17) is 15.5 Å². The molecule has 7 atom stereocenters. The molecule has 4 aliphatic rings. The van der Waals surface area contributed by atoms with Crippen LogP contribution >= 0.6 is 0 Å². The molecule has 4 aliphatic carbocycles. The van der Waals surface area contributed by atoms with Gasteiger partial charge in [0, 0.05) is 17.2 Å². The first-order valence-electron chi connectivity index (χ1n) is 14.1. The Morgan fingerprint density at radius 3 is 2.66 bits per heavy atom. The Morgan fingerprint density at radius 2 is 1.92 bits per heavy atom. The number of anilines is 1. The number of nitrogen functional groups attached to an aromatic ring is 1. The number of aliphatic hydroxyl groups is 1. The molecular weight excluding hydrogens is 474 g/mol. The lowest BCUT2D eigenvalue weighted by atomic mass is 9.47. The molecule has 0 bridgehead atoms. The summed E-state index contributed by atoms with van der Waals surface area (Å²) < 4.78 is 5.21. The number of fused-ring (bicyclic) bond motifs is 5. The van der Waals surface area contributed by atoms with Crippen molar-refractivity contribution in [1.29, 1.82) is 5.26 Å². The molecule has 0 aliphatic heterocycles. The summed E-state index contributed by atoms with van der Waals surface area (Å²) in [5, 5.41) is 30.6. The van der Waals surface area contributed by atoms with E-state index in [1.54, 1.807) is 12.1 Å². The van der Waals surface area contributed by atoms with Gasteiger partial charge in [0.2, 0.25) is 0 Å². The van der Waals surface area contributed by atoms with Crippen molar-refractivity contribution >= 4 is 5.82 Å². The topological polar surface area (TPSA) is 112 Å².